The smallest absolute Gasteiger partial charge is 0.356 e. The number of carbonyl (C=O) groups is 1. The van der Waals surface area contributed by atoms with Gasteiger partial charge in [0.1, 0.15) is 5.69 Å². The van der Waals surface area contributed by atoms with Crippen molar-refractivity contribution in [3.63, 3.8) is 0 Å². The van der Waals surface area contributed by atoms with Gasteiger partial charge in [0.25, 0.3) is 0 Å². The average Bonchev–Trinajstić information content (AvgIpc) is 2.15. The average molecular weight is 193 g/mol. The lowest BCUT2D eigenvalue weighted by Gasteiger charge is -2.26. The highest BCUT2D eigenvalue weighted by atomic mass is 16.5. The lowest BCUT2D eigenvalue weighted by Crippen LogP contribution is -2.18. The largest absolute Gasteiger partial charge is 0.464 e. The minimum atomic E-state index is -0.411. The Balaban J connectivity index is 2.13. The second-order valence-corrected chi connectivity index (χ2v) is 3.12. The maximum Gasteiger partial charge on any atom is 0.356 e. The zero-order valence-electron chi connectivity index (χ0n) is 7.90. The Hall–Kier alpha value is -1.42. The molecule has 0 aromatic carbocycles. The summed E-state index contributed by atoms with van der Waals surface area (Å²) in [5.74, 6) is -0.411. The van der Waals surface area contributed by atoms with E-state index in [1.165, 1.54) is 7.11 Å². The first-order valence-corrected chi connectivity index (χ1v) is 4.47. The molecule has 4 nitrogen and oxygen atoms in total. The van der Waals surface area contributed by atoms with Gasteiger partial charge in [0, 0.05) is 12.6 Å². The molecule has 0 saturated carbocycles. The van der Waals surface area contributed by atoms with Crippen LogP contribution in [0.3, 0.4) is 0 Å². The summed E-state index contributed by atoms with van der Waals surface area (Å²) < 4.78 is 9.83. The zero-order chi connectivity index (χ0) is 9.97. The van der Waals surface area contributed by atoms with Crippen LogP contribution in [0, 0.1) is 0 Å². The molecule has 0 spiro atoms. The van der Waals surface area contributed by atoms with Crippen LogP contribution in [0.15, 0.2) is 18.3 Å². The van der Waals surface area contributed by atoms with E-state index in [1.807, 2.05) is 6.07 Å². The summed E-state index contributed by atoms with van der Waals surface area (Å²) in [5, 5.41) is 0. The van der Waals surface area contributed by atoms with Crippen LogP contribution in [0.5, 0.6) is 0 Å². The minimum Gasteiger partial charge on any atom is -0.464 e. The summed E-state index contributed by atoms with van der Waals surface area (Å²) in [6, 6.07) is 3.51. The van der Waals surface area contributed by atoms with Gasteiger partial charge in [0.05, 0.1) is 19.8 Å². The number of rotatable bonds is 2. The molecule has 2 heterocycles. The van der Waals surface area contributed by atoms with Gasteiger partial charge in [-0.1, -0.05) is 6.07 Å². The van der Waals surface area contributed by atoms with Crippen molar-refractivity contribution in [3.8, 4) is 0 Å². The van der Waals surface area contributed by atoms with Crippen molar-refractivity contribution in [3.05, 3.63) is 29.6 Å². The molecule has 1 fully saturated rings. The normalized spacial score (nSPS) is 19.9. The number of nitrogens with zero attached hydrogens (tertiary/aromatic N) is 1. The monoisotopic (exact) mass is 193 g/mol. The standard InChI is InChI=1S/C10H11NO3/c1-13-10(12)8-3-2-7(6-11-8)9-4-5-14-9/h2-3,6,9H,4-5H2,1H3. The molecule has 1 aromatic rings. The van der Waals surface area contributed by atoms with Crippen molar-refractivity contribution < 1.29 is 14.3 Å². The lowest BCUT2D eigenvalue weighted by molar-refractivity contribution is -0.0529. The van der Waals surface area contributed by atoms with Crippen molar-refractivity contribution in [1.82, 2.24) is 4.98 Å². The van der Waals surface area contributed by atoms with Crippen LogP contribution < -0.4 is 0 Å². The number of aromatic nitrogens is 1. The molecule has 1 aliphatic rings. The summed E-state index contributed by atoms with van der Waals surface area (Å²) in [6.07, 6.45) is 2.85. The second kappa shape index (κ2) is 3.75. The van der Waals surface area contributed by atoms with E-state index in [0.717, 1.165) is 18.6 Å². The molecule has 1 aliphatic heterocycles. The van der Waals surface area contributed by atoms with Gasteiger partial charge in [-0.05, 0) is 11.6 Å². The number of carbonyl (C=O) groups excluding carboxylic acids is 1. The van der Waals surface area contributed by atoms with Crippen LogP contribution >= 0.6 is 0 Å². The first kappa shape index (κ1) is 9.15. The predicted molar refractivity (Wildman–Crippen MR) is 48.9 cm³/mol. The summed E-state index contributed by atoms with van der Waals surface area (Å²) in [7, 11) is 1.34. The molecule has 0 bridgehead atoms. The minimum absolute atomic E-state index is 0.161. The van der Waals surface area contributed by atoms with Gasteiger partial charge in [0.2, 0.25) is 0 Å². The van der Waals surface area contributed by atoms with Crippen LogP contribution in [0.2, 0.25) is 0 Å². The lowest BCUT2D eigenvalue weighted by atomic mass is 10.1. The molecular weight excluding hydrogens is 182 g/mol. The number of hydrogen-bond donors (Lipinski definition) is 0. The van der Waals surface area contributed by atoms with Crippen molar-refractivity contribution in [1.29, 1.82) is 0 Å². The third kappa shape index (κ3) is 1.61. The second-order valence-electron chi connectivity index (χ2n) is 3.12. The third-order valence-corrected chi connectivity index (χ3v) is 2.25. The van der Waals surface area contributed by atoms with Gasteiger partial charge in [0.15, 0.2) is 0 Å². The molecule has 1 aromatic heterocycles. The van der Waals surface area contributed by atoms with E-state index in [9.17, 15) is 4.79 Å². The molecule has 0 aliphatic carbocycles. The fourth-order valence-corrected chi connectivity index (χ4v) is 1.32. The number of ether oxygens (including phenoxy) is 2. The van der Waals surface area contributed by atoms with Crippen LogP contribution in [-0.4, -0.2) is 24.7 Å². The first-order chi connectivity index (χ1) is 6.81. The van der Waals surface area contributed by atoms with E-state index in [0.29, 0.717) is 5.69 Å². The highest BCUT2D eigenvalue weighted by Gasteiger charge is 2.20. The number of esters is 1. The fraction of sp³-hybridized carbons (Fsp3) is 0.400. The quantitative estimate of drug-likeness (QED) is 0.665. The number of pyridine rings is 1. The Kier molecular flexibility index (Phi) is 2.45. The Morgan fingerprint density at radius 3 is 2.86 bits per heavy atom. The van der Waals surface area contributed by atoms with Crippen LogP contribution in [0.25, 0.3) is 0 Å². The van der Waals surface area contributed by atoms with Crippen LogP contribution in [0.4, 0.5) is 0 Å². The molecule has 0 radical (unpaired) electrons. The molecule has 14 heavy (non-hydrogen) atoms. The molecule has 4 heteroatoms. The molecule has 0 amide bonds. The maximum atomic E-state index is 11.1. The Labute approximate surface area is 81.9 Å². The van der Waals surface area contributed by atoms with E-state index in [2.05, 4.69) is 9.72 Å². The summed E-state index contributed by atoms with van der Waals surface area (Å²) in [5.41, 5.74) is 1.35. The van der Waals surface area contributed by atoms with Gasteiger partial charge < -0.3 is 9.47 Å². The molecular formula is C10H11NO3. The maximum absolute atomic E-state index is 11.1. The van der Waals surface area contributed by atoms with Gasteiger partial charge in [-0.25, -0.2) is 9.78 Å². The van der Waals surface area contributed by atoms with E-state index >= 15 is 0 Å². The van der Waals surface area contributed by atoms with Crippen molar-refractivity contribution in [2.75, 3.05) is 13.7 Å². The fourth-order valence-electron chi connectivity index (χ4n) is 1.32. The topological polar surface area (TPSA) is 48.4 Å². The number of methoxy groups -OCH3 is 1. The van der Waals surface area contributed by atoms with E-state index in [-0.39, 0.29) is 6.10 Å². The predicted octanol–water partition coefficient (Wildman–Crippen LogP) is 1.33. The van der Waals surface area contributed by atoms with Crippen LogP contribution in [0.1, 0.15) is 28.6 Å². The van der Waals surface area contributed by atoms with E-state index in [1.54, 1.807) is 12.3 Å². The highest BCUT2D eigenvalue weighted by molar-refractivity contribution is 5.86. The van der Waals surface area contributed by atoms with Gasteiger partial charge in [-0.3, -0.25) is 0 Å². The van der Waals surface area contributed by atoms with Gasteiger partial charge in [-0.2, -0.15) is 0 Å². The van der Waals surface area contributed by atoms with Crippen molar-refractivity contribution in [2.24, 2.45) is 0 Å². The summed E-state index contributed by atoms with van der Waals surface area (Å²) >= 11 is 0. The zero-order valence-corrected chi connectivity index (χ0v) is 7.90. The third-order valence-electron chi connectivity index (χ3n) is 2.25. The van der Waals surface area contributed by atoms with Gasteiger partial charge >= 0.3 is 5.97 Å². The molecule has 2 rings (SSSR count). The summed E-state index contributed by atoms with van der Waals surface area (Å²) in [6.45, 7) is 0.809. The summed E-state index contributed by atoms with van der Waals surface area (Å²) in [4.78, 5) is 15.1. The SMILES string of the molecule is COC(=O)c1ccc(C2CCO2)cn1. The molecule has 1 saturated heterocycles. The van der Waals surface area contributed by atoms with Crippen molar-refractivity contribution in [2.45, 2.75) is 12.5 Å². The highest BCUT2D eigenvalue weighted by Crippen LogP contribution is 2.28. The van der Waals surface area contributed by atoms with E-state index < -0.39 is 5.97 Å². The van der Waals surface area contributed by atoms with Crippen molar-refractivity contribution >= 4 is 5.97 Å². The Morgan fingerprint density at radius 2 is 2.43 bits per heavy atom. The first-order valence-electron chi connectivity index (χ1n) is 4.47. The Bertz CT molecular complexity index is 330. The Morgan fingerprint density at radius 1 is 1.64 bits per heavy atom. The molecule has 1 atom stereocenters. The van der Waals surface area contributed by atoms with Crippen LogP contribution in [-0.2, 0) is 9.47 Å². The number of hydrogen-bond acceptors (Lipinski definition) is 4. The van der Waals surface area contributed by atoms with E-state index in [4.69, 9.17) is 4.74 Å². The van der Waals surface area contributed by atoms with Gasteiger partial charge in [-0.15, -0.1) is 0 Å². The molecule has 0 N–H and O–H groups in total. The molecule has 1 unspecified atom stereocenters. The molecule has 74 valence electrons.